The third-order valence-corrected chi connectivity index (χ3v) is 2.79. The topological polar surface area (TPSA) is 119 Å². The van der Waals surface area contributed by atoms with Crippen molar-refractivity contribution in [3.05, 3.63) is 0 Å². The van der Waals surface area contributed by atoms with Crippen molar-refractivity contribution in [2.45, 2.75) is 37.1 Å². The number of aliphatic hydroxyl groups excluding tert-OH is 4. The van der Waals surface area contributed by atoms with Crippen LogP contribution in [-0.2, 0) is 9.53 Å². The Morgan fingerprint density at radius 3 is 2.26 bits per heavy atom. The van der Waals surface area contributed by atoms with Crippen LogP contribution in [0.25, 0.3) is 0 Å². The fourth-order valence-electron chi connectivity index (χ4n) is 1.61. The van der Waals surface area contributed by atoms with Gasteiger partial charge in [0.05, 0.1) is 6.61 Å². The van der Waals surface area contributed by atoms with E-state index in [1.165, 1.54) is 0 Å². The van der Waals surface area contributed by atoms with Crippen molar-refractivity contribution in [2.75, 3.05) is 12.4 Å². The van der Waals surface area contributed by atoms with Gasteiger partial charge in [-0.25, -0.2) is 0 Å². The first-order valence-corrected chi connectivity index (χ1v) is 5.85. The molecular formula is C9H17NNa2O6S. The Kier molecular flexibility index (Phi) is 13.5. The second-order valence-electron chi connectivity index (χ2n) is 3.80. The molecule has 0 aromatic heterocycles. The summed E-state index contributed by atoms with van der Waals surface area (Å²) < 4.78 is 4.87. The number of hydrogen-bond acceptors (Lipinski definition) is 7. The molecule has 1 saturated heterocycles. The molecule has 102 valence electrons. The van der Waals surface area contributed by atoms with E-state index in [2.05, 4.69) is 17.9 Å². The number of carbonyl (C=O) groups excluding carboxylic acids is 1. The summed E-state index contributed by atoms with van der Waals surface area (Å²) in [7, 11) is 0. The number of aliphatic hydroxyl groups is 4. The smallest absolute Gasteiger partial charge is 0.221 e. The second kappa shape index (κ2) is 11.2. The molecule has 0 aromatic carbocycles. The molecule has 1 heterocycles. The van der Waals surface area contributed by atoms with Gasteiger partial charge in [0, 0.05) is 65.5 Å². The Morgan fingerprint density at radius 1 is 1.21 bits per heavy atom. The van der Waals surface area contributed by atoms with Crippen molar-refractivity contribution in [3.8, 4) is 0 Å². The molecule has 7 nitrogen and oxygen atoms in total. The van der Waals surface area contributed by atoms with E-state index in [4.69, 9.17) is 9.84 Å². The van der Waals surface area contributed by atoms with Crippen LogP contribution in [0.2, 0.25) is 0 Å². The van der Waals surface area contributed by atoms with Gasteiger partial charge in [-0.3, -0.25) is 4.79 Å². The number of amides is 1. The van der Waals surface area contributed by atoms with Crippen LogP contribution in [0.4, 0.5) is 0 Å². The zero-order valence-corrected chi connectivity index (χ0v) is 16.0. The molecule has 19 heavy (non-hydrogen) atoms. The molecule has 5 N–H and O–H groups in total. The maximum atomic E-state index is 11.3. The first kappa shape index (κ1) is 22.9. The van der Waals surface area contributed by atoms with Crippen molar-refractivity contribution in [1.82, 2.24) is 5.32 Å². The fourth-order valence-corrected chi connectivity index (χ4v) is 1.82. The minimum atomic E-state index is -1.48. The van der Waals surface area contributed by atoms with E-state index < -0.39 is 43.2 Å². The van der Waals surface area contributed by atoms with Crippen LogP contribution >= 0.6 is 12.6 Å². The number of nitrogens with one attached hydrogen (secondary N) is 1. The Balaban J connectivity index is 0. The van der Waals surface area contributed by atoms with Crippen LogP contribution < -0.4 is 5.32 Å². The van der Waals surface area contributed by atoms with E-state index in [-0.39, 0.29) is 65.5 Å². The van der Waals surface area contributed by atoms with E-state index in [1.807, 2.05) is 0 Å². The molecule has 2 radical (unpaired) electrons. The van der Waals surface area contributed by atoms with Crippen molar-refractivity contribution < 1.29 is 30.0 Å². The number of rotatable bonds is 4. The van der Waals surface area contributed by atoms with Crippen LogP contribution in [0, 0.1) is 0 Å². The van der Waals surface area contributed by atoms with Gasteiger partial charge in [0.25, 0.3) is 0 Å². The summed E-state index contributed by atoms with van der Waals surface area (Å²) >= 11 is 3.87. The Morgan fingerprint density at radius 2 is 1.79 bits per heavy atom. The molecule has 5 atom stereocenters. The maximum absolute atomic E-state index is 11.3. The van der Waals surface area contributed by atoms with Gasteiger partial charge in [-0.1, -0.05) is 0 Å². The van der Waals surface area contributed by atoms with Crippen molar-refractivity contribution >= 4 is 77.7 Å². The predicted molar refractivity (Wildman–Crippen MR) is 71.9 cm³/mol. The molecular weight excluding hydrogens is 296 g/mol. The molecule has 1 aliphatic heterocycles. The summed E-state index contributed by atoms with van der Waals surface area (Å²) in [5.74, 6) is -0.0886. The molecule has 0 aliphatic carbocycles. The Hall–Kier alpha value is 1.62. The van der Waals surface area contributed by atoms with Gasteiger partial charge in [-0.15, -0.1) is 0 Å². The Bertz CT molecular complexity index is 275. The average Bonchev–Trinajstić information content (AvgIpc) is 2.29. The average molecular weight is 313 g/mol. The number of ether oxygens (including phenoxy) is 1. The molecule has 1 unspecified atom stereocenters. The van der Waals surface area contributed by atoms with Crippen LogP contribution in [0.5, 0.6) is 0 Å². The largest absolute Gasteiger partial charge is 0.394 e. The minimum absolute atomic E-state index is 0. The van der Waals surface area contributed by atoms with E-state index in [9.17, 15) is 20.1 Å². The quantitative estimate of drug-likeness (QED) is 0.236. The Labute approximate surface area is 161 Å². The van der Waals surface area contributed by atoms with Crippen LogP contribution in [0.1, 0.15) is 6.42 Å². The third-order valence-electron chi connectivity index (χ3n) is 2.57. The van der Waals surface area contributed by atoms with Gasteiger partial charge in [0.15, 0.2) is 6.29 Å². The van der Waals surface area contributed by atoms with Gasteiger partial charge in [0.2, 0.25) is 5.91 Å². The van der Waals surface area contributed by atoms with Gasteiger partial charge >= 0.3 is 0 Å². The van der Waals surface area contributed by atoms with E-state index in [0.717, 1.165) is 0 Å². The summed E-state index contributed by atoms with van der Waals surface area (Å²) in [6.07, 6.45) is -5.20. The first-order valence-electron chi connectivity index (χ1n) is 5.22. The van der Waals surface area contributed by atoms with Crippen molar-refractivity contribution in [3.63, 3.8) is 0 Å². The van der Waals surface area contributed by atoms with E-state index in [0.29, 0.717) is 5.75 Å². The van der Waals surface area contributed by atoms with Gasteiger partial charge < -0.3 is 30.5 Å². The summed E-state index contributed by atoms with van der Waals surface area (Å²) in [6.45, 7) is -0.535. The van der Waals surface area contributed by atoms with Crippen molar-refractivity contribution in [2.24, 2.45) is 0 Å². The number of carbonyl (C=O) groups is 1. The minimum Gasteiger partial charge on any atom is -0.394 e. The molecule has 1 rings (SSSR count). The zero-order valence-electron chi connectivity index (χ0n) is 11.1. The number of thiol groups is 1. The predicted octanol–water partition coefficient (Wildman–Crippen LogP) is -3.54. The van der Waals surface area contributed by atoms with Crippen LogP contribution in [0.15, 0.2) is 0 Å². The maximum Gasteiger partial charge on any atom is 0.221 e. The molecule has 10 heteroatoms. The summed E-state index contributed by atoms with van der Waals surface area (Å²) in [4.78, 5) is 11.3. The third kappa shape index (κ3) is 6.50. The molecule has 0 saturated carbocycles. The van der Waals surface area contributed by atoms with Gasteiger partial charge in [-0.05, 0) is 5.75 Å². The normalized spacial score (nSPS) is 33.8. The van der Waals surface area contributed by atoms with Gasteiger partial charge in [-0.2, -0.15) is 12.6 Å². The monoisotopic (exact) mass is 313 g/mol. The SMILES string of the molecule is O=C(CCS)N[C@H]1C(O)O[C@H](CO)[C@@H](O)[C@@H]1O.[Na].[Na]. The van der Waals surface area contributed by atoms with E-state index in [1.54, 1.807) is 0 Å². The molecule has 1 fully saturated rings. The van der Waals surface area contributed by atoms with Crippen LogP contribution in [-0.4, -0.2) is 128 Å². The van der Waals surface area contributed by atoms with E-state index >= 15 is 0 Å². The zero-order chi connectivity index (χ0) is 13.0. The molecule has 0 aromatic rings. The first-order chi connectivity index (χ1) is 8.01. The van der Waals surface area contributed by atoms with Crippen molar-refractivity contribution in [1.29, 1.82) is 0 Å². The number of hydrogen-bond donors (Lipinski definition) is 6. The van der Waals surface area contributed by atoms with Gasteiger partial charge in [0.1, 0.15) is 24.4 Å². The summed E-state index contributed by atoms with van der Waals surface area (Å²) in [6, 6.07) is -1.12. The second-order valence-corrected chi connectivity index (χ2v) is 4.24. The molecule has 1 aliphatic rings. The summed E-state index contributed by atoms with van der Waals surface area (Å²) in [5.41, 5.74) is 0. The molecule has 0 spiro atoms. The van der Waals surface area contributed by atoms with Crippen LogP contribution in [0.3, 0.4) is 0 Å². The fraction of sp³-hybridized carbons (Fsp3) is 0.889. The standard InChI is InChI=1S/C9H17NO6S.2Na/c11-3-4-7(13)8(14)6(9(15)16-4)10-5(12)1-2-17;;/h4,6-9,11,13-15,17H,1-3H2,(H,10,12);;/t4-,6-,7-,8-,9?;;/m1../s1. The molecule has 1 amide bonds. The summed E-state index contributed by atoms with van der Waals surface area (Å²) in [5, 5.41) is 40.0. The molecule has 0 bridgehead atoms.